The van der Waals surface area contributed by atoms with Crippen molar-refractivity contribution >= 4 is 16.7 Å². The fourth-order valence-electron chi connectivity index (χ4n) is 1.55. The highest BCUT2D eigenvalue weighted by Gasteiger charge is 2.08. The Kier molecular flexibility index (Phi) is 7.65. The van der Waals surface area contributed by atoms with Gasteiger partial charge in [-0.3, -0.25) is 9.00 Å². The van der Waals surface area contributed by atoms with Crippen LogP contribution in [0.5, 0.6) is 0 Å². The molecule has 114 valence electrons. The Bertz CT molecular complexity index is 578. The maximum atomic E-state index is 13.7. The summed E-state index contributed by atoms with van der Waals surface area (Å²) < 4.78 is 24.6. The van der Waals surface area contributed by atoms with Gasteiger partial charge in [-0.1, -0.05) is 11.8 Å². The molecule has 0 aliphatic rings. The van der Waals surface area contributed by atoms with Gasteiger partial charge < -0.3 is 10.4 Å². The van der Waals surface area contributed by atoms with Crippen LogP contribution in [-0.4, -0.2) is 40.4 Å². The second-order valence-corrected chi connectivity index (χ2v) is 5.91. The zero-order valence-corrected chi connectivity index (χ0v) is 12.6. The van der Waals surface area contributed by atoms with E-state index in [0.717, 1.165) is 6.07 Å². The van der Waals surface area contributed by atoms with Crippen LogP contribution in [0.25, 0.3) is 0 Å². The number of hydrogen-bond acceptors (Lipinski definition) is 3. The number of halogens is 1. The number of aliphatic hydroxyl groups excluding tert-OH is 1. The SMILES string of the molecule is CS(=O)CCCNC(=O)c1ccc(C#CCCO)c(F)c1. The highest BCUT2D eigenvalue weighted by molar-refractivity contribution is 7.84. The van der Waals surface area contributed by atoms with Gasteiger partial charge in [0.25, 0.3) is 5.91 Å². The van der Waals surface area contributed by atoms with Crippen molar-refractivity contribution in [3.8, 4) is 11.8 Å². The summed E-state index contributed by atoms with van der Waals surface area (Å²) in [5.74, 6) is 4.80. The molecule has 0 saturated heterocycles. The van der Waals surface area contributed by atoms with Crippen LogP contribution >= 0.6 is 0 Å². The van der Waals surface area contributed by atoms with Crippen LogP contribution in [0.15, 0.2) is 18.2 Å². The molecular formula is C15H18FNO3S. The molecular weight excluding hydrogens is 293 g/mol. The standard InChI is InChI=1S/C15H18FNO3S/c1-21(20)10-4-8-17-15(19)13-7-6-12(14(16)11-13)5-2-3-9-18/h6-7,11,18H,3-4,8-10H2,1H3,(H,17,19). The van der Waals surface area contributed by atoms with Crippen molar-refractivity contribution in [3.05, 3.63) is 35.1 Å². The normalized spacial score (nSPS) is 11.4. The van der Waals surface area contributed by atoms with E-state index in [-0.39, 0.29) is 30.1 Å². The Balaban J connectivity index is 2.60. The predicted molar refractivity (Wildman–Crippen MR) is 80.9 cm³/mol. The number of carbonyl (C=O) groups excluding carboxylic acids is 1. The Morgan fingerprint density at radius 3 is 2.86 bits per heavy atom. The summed E-state index contributed by atoms with van der Waals surface area (Å²) in [6.07, 6.45) is 2.50. The minimum atomic E-state index is -0.880. The maximum absolute atomic E-state index is 13.7. The van der Waals surface area contributed by atoms with Crippen molar-refractivity contribution in [1.29, 1.82) is 0 Å². The molecule has 0 bridgehead atoms. The third-order valence-electron chi connectivity index (χ3n) is 2.59. The monoisotopic (exact) mass is 311 g/mol. The van der Waals surface area contributed by atoms with Crippen LogP contribution in [0.2, 0.25) is 0 Å². The zero-order valence-electron chi connectivity index (χ0n) is 11.8. The van der Waals surface area contributed by atoms with Gasteiger partial charge in [-0.15, -0.1) is 0 Å². The number of aliphatic hydroxyl groups is 1. The predicted octanol–water partition coefficient (Wildman–Crippen LogP) is 1.06. The number of benzene rings is 1. The Labute approximate surface area is 126 Å². The molecule has 1 rings (SSSR count). The van der Waals surface area contributed by atoms with Gasteiger partial charge in [0, 0.05) is 41.3 Å². The van der Waals surface area contributed by atoms with Crippen molar-refractivity contribution in [2.24, 2.45) is 0 Å². The number of hydrogen-bond donors (Lipinski definition) is 2. The zero-order chi connectivity index (χ0) is 15.7. The van der Waals surface area contributed by atoms with Gasteiger partial charge in [0.15, 0.2) is 0 Å². The van der Waals surface area contributed by atoms with Crippen LogP contribution in [0.4, 0.5) is 4.39 Å². The fraction of sp³-hybridized carbons (Fsp3) is 0.400. The molecule has 4 nitrogen and oxygen atoms in total. The van der Waals surface area contributed by atoms with Gasteiger partial charge in [-0.2, -0.15) is 0 Å². The quantitative estimate of drug-likeness (QED) is 0.610. The molecule has 1 aromatic carbocycles. The lowest BCUT2D eigenvalue weighted by molar-refractivity contribution is 0.0953. The summed E-state index contributed by atoms with van der Waals surface area (Å²) in [6, 6.07) is 4.07. The summed E-state index contributed by atoms with van der Waals surface area (Å²) in [7, 11) is -0.880. The molecule has 0 aliphatic carbocycles. The molecule has 1 aromatic rings. The van der Waals surface area contributed by atoms with E-state index in [4.69, 9.17) is 5.11 Å². The molecule has 0 saturated carbocycles. The van der Waals surface area contributed by atoms with Crippen molar-refractivity contribution in [2.75, 3.05) is 25.2 Å². The number of carbonyl (C=O) groups is 1. The average molecular weight is 311 g/mol. The van der Waals surface area contributed by atoms with Crippen LogP contribution in [0.1, 0.15) is 28.8 Å². The highest BCUT2D eigenvalue weighted by Crippen LogP contribution is 2.09. The van der Waals surface area contributed by atoms with Crippen molar-refractivity contribution in [3.63, 3.8) is 0 Å². The first kappa shape index (κ1) is 17.3. The van der Waals surface area contributed by atoms with Gasteiger partial charge in [-0.05, 0) is 24.6 Å². The smallest absolute Gasteiger partial charge is 0.251 e. The number of rotatable bonds is 6. The second-order valence-electron chi connectivity index (χ2n) is 4.36. The van der Waals surface area contributed by atoms with Crippen molar-refractivity contribution in [2.45, 2.75) is 12.8 Å². The summed E-state index contributed by atoms with van der Waals surface area (Å²) >= 11 is 0. The van der Waals surface area contributed by atoms with Gasteiger partial charge in [0.2, 0.25) is 0 Å². The third-order valence-corrected chi connectivity index (χ3v) is 3.45. The minimum Gasteiger partial charge on any atom is -0.395 e. The molecule has 0 heterocycles. The van der Waals surface area contributed by atoms with E-state index in [0.29, 0.717) is 18.7 Å². The maximum Gasteiger partial charge on any atom is 0.251 e. The summed E-state index contributed by atoms with van der Waals surface area (Å²) in [5.41, 5.74) is 0.416. The van der Waals surface area contributed by atoms with Crippen LogP contribution in [0.3, 0.4) is 0 Å². The lowest BCUT2D eigenvalue weighted by Gasteiger charge is -2.05. The lowest BCUT2D eigenvalue weighted by Crippen LogP contribution is -2.25. The van der Waals surface area contributed by atoms with E-state index in [9.17, 15) is 13.4 Å². The van der Waals surface area contributed by atoms with E-state index < -0.39 is 16.6 Å². The number of nitrogens with one attached hydrogen (secondary N) is 1. The summed E-state index contributed by atoms with van der Waals surface area (Å²) in [4.78, 5) is 11.8. The van der Waals surface area contributed by atoms with Crippen LogP contribution < -0.4 is 5.32 Å². The molecule has 1 atom stereocenters. The van der Waals surface area contributed by atoms with Crippen LogP contribution in [0, 0.1) is 17.7 Å². The first-order chi connectivity index (χ1) is 10.0. The molecule has 2 N–H and O–H groups in total. The molecule has 0 aromatic heterocycles. The van der Waals surface area contributed by atoms with E-state index in [1.165, 1.54) is 12.1 Å². The minimum absolute atomic E-state index is 0.0718. The van der Waals surface area contributed by atoms with Gasteiger partial charge in [-0.25, -0.2) is 4.39 Å². The first-order valence-corrected chi connectivity index (χ1v) is 8.25. The third kappa shape index (κ3) is 6.52. The van der Waals surface area contributed by atoms with Gasteiger partial charge in [0.05, 0.1) is 12.2 Å². The Hall–Kier alpha value is -1.71. The Morgan fingerprint density at radius 2 is 2.24 bits per heavy atom. The fourth-order valence-corrected chi connectivity index (χ4v) is 2.10. The summed E-state index contributed by atoms with van der Waals surface area (Å²) in [5, 5.41) is 11.2. The van der Waals surface area contributed by atoms with Crippen molar-refractivity contribution < 1.29 is 18.5 Å². The molecule has 1 amide bonds. The molecule has 0 radical (unpaired) electrons. The molecule has 0 fully saturated rings. The number of amides is 1. The molecule has 0 spiro atoms. The van der Waals surface area contributed by atoms with Crippen LogP contribution in [-0.2, 0) is 10.8 Å². The highest BCUT2D eigenvalue weighted by atomic mass is 32.2. The second kappa shape index (κ2) is 9.27. The first-order valence-electron chi connectivity index (χ1n) is 6.52. The Morgan fingerprint density at radius 1 is 1.48 bits per heavy atom. The summed E-state index contributed by atoms with van der Waals surface area (Å²) in [6.45, 7) is 0.329. The lowest BCUT2D eigenvalue weighted by atomic mass is 10.1. The molecule has 0 aliphatic heterocycles. The van der Waals surface area contributed by atoms with Gasteiger partial charge in [0.1, 0.15) is 5.82 Å². The van der Waals surface area contributed by atoms with E-state index in [2.05, 4.69) is 17.2 Å². The average Bonchev–Trinajstić information content (AvgIpc) is 2.45. The topological polar surface area (TPSA) is 66.4 Å². The molecule has 21 heavy (non-hydrogen) atoms. The van der Waals surface area contributed by atoms with Crippen molar-refractivity contribution in [1.82, 2.24) is 5.32 Å². The molecule has 1 unspecified atom stereocenters. The largest absolute Gasteiger partial charge is 0.395 e. The van der Waals surface area contributed by atoms with Gasteiger partial charge >= 0.3 is 0 Å². The molecule has 6 heteroatoms. The van der Waals surface area contributed by atoms with E-state index >= 15 is 0 Å². The van der Waals surface area contributed by atoms with E-state index in [1.54, 1.807) is 6.26 Å². The van der Waals surface area contributed by atoms with E-state index in [1.807, 2.05) is 0 Å².